The van der Waals surface area contributed by atoms with Crippen LogP contribution in [-0.4, -0.2) is 44.9 Å². The number of hydrogen-bond acceptors (Lipinski definition) is 7. The summed E-state index contributed by atoms with van der Waals surface area (Å²) in [6.45, 7) is 6.22. The summed E-state index contributed by atoms with van der Waals surface area (Å²) in [7, 11) is 1.61. The summed E-state index contributed by atoms with van der Waals surface area (Å²) in [5.41, 5.74) is 9.21. The lowest BCUT2D eigenvalue weighted by atomic mass is 9.88. The molecule has 10 heteroatoms. The molecule has 0 radical (unpaired) electrons. The van der Waals surface area contributed by atoms with Gasteiger partial charge < -0.3 is 25.2 Å². The van der Waals surface area contributed by atoms with E-state index in [1.807, 2.05) is 6.07 Å². The number of pyridine rings is 2. The van der Waals surface area contributed by atoms with E-state index in [-0.39, 0.29) is 17.5 Å². The zero-order chi connectivity index (χ0) is 28.1. The van der Waals surface area contributed by atoms with Gasteiger partial charge in [0.15, 0.2) is 0 Å². The zero-order valence-electron chi connectivity index (χ0n) is 22.6. The van der Waals surface area contributed by atoms with Crippen molar-refractivity contribution >= 4 is 27.6 Å². The first-order chi connectivity index (χ1) is 18.5. The molecule has 3 aromatic heterocycles. The quantitative estimate of drug-likeness (QED) is 0.244. The molecule has 0 amide bonds. The average molecular weight is 537 g/mol. The van der Waals surface area contributed by atoms with Crippen LogP contribution in [0.5, 0.6) is 0 Å². The second kappa shape index (κ2) is 10.2. The molecule has 4 aromatic rings. The van der Waals surface area contributed by atoms with Crippen molar-refractivity contribution in [2.45, 2.75) is 45.3 Å². The Bertz CT molecular complexity index is 1550. The molecular formula is C29H34F2N6O2. The molecule has 1 aliphatic heterocycles. The van der Waals surface area contributed by atoms with Gasteiger partial charge >= 0.3 is 0 Å². The van der Waals surface area contributed by atoms with Gasteiger partial charge in [-0.2, -0.15) is 0 Å². The van der Waals surface area contributed by atoms with E-state index in [1.165, 1.54) is 23.3 Å². The fourth-order valence-electron chi connectivity index (χ4n) is 5.60. The van der Waals surface area contributed by atoms with Crippen LogP contribution in [0.25, 0.3) is 27.6 Å². The molecule has 5 rings (SSSR count). The van der Waals surface area contributed by atoms with Crippen LogP contribution in [0.1, 0.15) is 56.5 Å². The van der Waals surface area contributed by atoms with E-state index in [0.717, 1.165) is 12.8 Å². The molecule has 4 heterocycles. The molecule has 1 fully saturated rings. The first-order valence-electron chi connectivity index (χ1n) is 13.0. The predicted octanol–water partition coefficient (Wildman–Crippen LogP) is 4.56. The van der Waals surface area contributed by atoms with Crippen molar-refractivity contribution in [1.29, 1.82) is 0 Å². The van der Waals surface area contributed by atoms with Gasteiger partial charge in [0.25, 0.3) is 0 Å². The number of aromatic nitrogens is 3. The second-order valence-electron chi connectivity index (χ2n) is 10.8. The molecule has 39 heavy (non-hydrogen) atoms. The van der Waals surface area contributed by atoms with E-state index in [1.54, 1.807) is 46.1 Å². The third-order valence-electron chi connectivity index (χ3n) is 7.46. The highest BCUT2D eigenvalue weighted by atomic mass is 19.1. The highest BCUT2D eigenvalue weighted by Crippen LogP contribution is 2.42. The van der Waals surface area contributed by atoms with Gasteiger partial charge in [-0.1, -0.05) is 0 Å². The van der Waals surface area contributed by atoms with Crippen molar-refractivity contribution < 1.29 is 18.6 Å². The van der Waals surface area contributed by atoms with Crippen LogP contribution in [0, 0.1) is 17.6 Å². The number of fused-ring (bicyclic) bond motifs is 3. The third-order valence-corrected chi connectivity index (χ3v) is 7.46. The first kappa shape index (κ1) is 27.0. The molecule has 1 aromatic carbocycles. The molecule has 0 saturated carbocycles. The Morgan fingerprint density at radius 1 is 1.13 bits per heavy atom. The van der Waals surface area contributed by atoms with E-state index < -0.39 is 17.2 Å². The number of hydrogen-bond donors (Lipinski definition) is 3. The highest BCUT2D eigenvalue weighted by Gasteiger charge is 2.32. The Kier molecular flexibility index (Phi) is 7.04. The van der Waals surface area contributed by atoms with E-state index >= 15 is 4.39 Å². The number of halogens is 2. The minimum absolute atomic E-state index is 0.0956. The topological polar surface area (TPSA) is 115 Å². The van der Waals surface area contributed by atoms with Gasteiger partial charge in [0.2, 0.25) is 0 Å². The summed E-state index contributed by atoms with van der Waals surface area (Å²) in [6, 6.07) is 7.82. The first-order valence-corrected chi connectivity index (χ1v) is 13.0. The Morgan fingerprint density at radius 3 is 2.44 bits per heavy atom. The van der Waals surface area contributed by atoms with Crippen molar-refractivity contribution in [1.82, 2.24) is 19.5 Å². The van der Waals surface area contributed by atoms with Crippen LogP contribution in [0.4, 0.5) is 8.78 Å². The maximum Gasteiger partial charge on any atom is 0.141 e. The van der Waals surface area contributed by atoms with Crippen LogP contribution in [0.3, 0.4) is 0 Å². The van der Waals surface area contributed by atoms with Gasteiger partial charge in [0, 0.05) is 48.7 Å². The summed E-state index contributed by atoms with van der Waals surface area (Å²) in [5.74, 6) is 5.24. The summed E-state index contributed by atoms with van der Waals surface area (Å²) < 4.78 is 37.4. The molecule has 1 unspecified atom stereocenters. The van der Waals surface area contributed by atoms with E-state index in [9.17, 15) is 9.50 Å². The van der Waals surface area contributed by atoms with Crippen molar-refractivity contribution in [3.05, 3.63) is 76.9 Å². The van der Waals surface area contributed by atoms with Crippen LogP contribution in [0.15, 0.2) is 48.4 Å². The van der Waals surface area contributed by atoms with Crippen LogP contribution in [0.2, 0.25) is 0 Å². The van der Waals surface area contributed by atoms with Gasteiger partial charge in [-0.05, 0) is 69.9 Å². The smallest absolute Gasteiger partial charge is 0.141 e. The van der Waals surface area contributed by atoms with Crippen molar-refractivity contribution in [2.24, 2.45) is 17.5 Å². The Hall–Kier alpha value is -3.60. The standard InChI is InChI=1S/C29H34F2N6O2/c1-16(32)27(36(4)33)20-13-24-21(12-22(20)31)26-25(11-18(14-35-26)29(2,3)38)37(24)28(17-7-9-39-10-8-17)23-6-5-19(30)15-34-23/h5-6,11-15,17,28,38H,7-10,32-33H2,1-4H3/b27-16-. The summed E-state index contributed by atoms with van der Waals surface area (Å²) in [6.07, 6.45) is 4.34. The highest BCUT2D eigenvalue weighted by molar-refractivity contribution is 6.07. The second-order valence-corrected chi connectivity index (χ2v) is 10.8. The number of aliphatic hydroxyl groups is 1. The number of rotatable bonds is 6. The van der Waals surface area contributed by atoms with Crippen LogP contribution >= 0.6 is 0 Å². The molecular weight excluding hydrogens is 502 g/mol. The SMILES string of the molecule is C/C(N)=C(\c1cc2c(cc1F)c1ncc(C(C)(C)O)cc1n2C(c1ccc(F)cn1)C1CCOCC1)N(C)N. The summed E-state index contributed by atoms with van der Waals surface area (Å²) in [4.78, 5) is 9.18. The Morgan fingerprint density at radius 2 is 1.85 bits per heavy atom. The normalized spacial score (nSPS) is 16.5. The maximum absolute atomic E-state index is 15.7. The molecule has 0 spiro atoms. The lowest BCUT2D eigenvalue weighted by Gasteiger charge is -2.32. The predicted molar refractivity (Wildman–Crippen MR) is 147 cm³/mol. The summed E-state index contributed by atoms with van der Waals surface area (Å²) in [5, 5.41) is 12.7. The largest absolute Gasteiger partial charge is 0.401 e. The minimum atomic E-state index is -1.16. The molecule has 1 aliphatic rings. The van der Waals surface area contributed by atoms with Crippen LogP contribution < -0.4 is 11.6 Å². The zero-order valence-corrected chi connectivity index (χ0v) is 22.6. The van der Waals surface area contributed by atoms with E-state index in [2.05, 4.69) is 9.55 Å². The van der Waals surface area contributed by atoms with Crippen molar-refractivity contribution in [3.63, 3.8) is 0 Å². The molecule has 0 aliphatic carbocycles. The minimum Gasteiger partial charge on any atom is -0.401 e. The third kappa shape index (κ3) is 4.95. The fourth-order valence-corrected chi connectivity index (χ4v) is 5.60. The average Bonchev–Trinajstić information content (AvgIpc) is 3.18. The van der Waals surface area contributed by atoms with E-state index in [4.69, 9.17) is 21.3 Å². The number of ether oxygens (including phenoxy) is 1. The number of hydrazine groups is 1. The number of benzene rings is 1. The van der Waals surface area contributed by atoms with Gasteiger partial charge in [-0.3, -0.25) is 9.97 Å². The molecule has 206 valence electrons. The number of allylic oxidation sites excluding steroid dienone is 1. The van der Waals surface area contributed by atoms with E-state index in [0.29, 0.717) is 57.8 Å². The van der Waals surface area contributed by atoms with Gasteiger partial charge in [-0.25, -0.2) is 14.6 Å². The number of nitrogens with zero attached hydrogens (tertiary/aromatic N) is 4. The van der Waals surface area contributed by atoms with Crippen LogP contribution in [-0.2, 0) is 10.3 Å². The lowest BCUT2D eigenvalue weighted by Crippen LogP contribution is -2.28. The summed E-state index contributed by atoms with van der Waals surface area (Å²) >= 11 is 0. The fraction of sp³-hybridized carbons (Fsp3) is 0.379. The van der Waals surface area contributed by atoms with Gasteiger partial charge in [0.1, 0.15) is 11.6 Å². The van der Waals surface area contributed by atoms with Crippen molar-refractivity contribution in [3.8, 4) is 0 Å². The Labute approximate surface area is 225 Å². The molecule has 1 saturated heterocycles. The number of nitrogens with two attached hydrogens (primary N) is 2. The molecule has 8 nitrogen and oxygen atoms in total. The monoisotopic (exact) mass is 536 g/mol. The lowest BCUT2D eigenvalue weighted by molar-refractivity contribution is 0.0547. The molecule has 5 N–H and O–H groups in total. The molecule has 0 bridgehead atoms. The van der Waals surface area contributed by atoms with Gasteiger partial charge in [-0.15, -0.1) is 0 Å². The molecule has 1 atom stereocenters. The Balaban J connectivity index is 1.91. The van der Waals surface area contributed by atoms with Crippen molar-refractivity contribution in [2.75, 3.05) is 20.3 Å². The maximum atomic E-state index is 15.7. The van der Waals surface area contributed by atoms with Gasteiger partial charge in [0.05, 0.1) is 45.8 Å².